The molecule has 0 radical (unpaired) electrons. The van der Waals surface area contributed by atoms with Crippen LogP contribution in [0.5, 0.6) is 5.75 Å². The standard InChI is InChI=1S/C22H26N2O4/c1-16-7-9-19(10-8-16)28-14-20(25)23-18-6-4-5-17(13-18)21(26)24-11-12-27-15-22(24,2)3/h4-10,13H,11-12,14-15H2,1-3H3,(H,23,25). The average Bonchev–Trinajstić information content (AvgIpc) is 2.67. The number of hydrogen-bond acceptors (Lipinski definition) is 4. The van der Waals surface area contributed by atoms with Crippen molar-refractivity contribution in [3.8, 4) is 5.75 Å². The first-order valence-electron chi connectivity index (χ1n) is 9.34. The number of nitrogens with one attached hydrogen (secondary N) is 1. The van der Waals surface area contributed by atoms with Crippen molar-refractivity contribution in [1.82, 2.24) is 4.90 Å². The second-order valence-electron chi connectivity index (χ2n) is 7.55. The number of amides is 2. The third-order valence-corrected chi connectivity index (χ3v) is 4.67. The molecule has 1 aliphatic rings. The van der Waals surface area contributed by atoms with E-state index < -0.39 is 0 Å². The van der Waals surface area contributed by atoms with E-state index in [-0.39, 0.29) is 24.0 Å². The Balaban J connectivity index is 1.61. The number of aryl methyl sites for hydroxylation is 1. The molecule has 6 heteroatoms. The number of rotatable bonds is 5. The summed E-state index contributed by atoms with van der Waals surface area (Å²) in [5.41, 5.74) is 1.86. The molecule has 1 fully saturated rings. The van der Waals surface area contributed by atoms with Crippen molar-refractivity contribution in [2.45, 2.75) is 26.3 Å². The van der Waals surface area contributed by atoms with Gasteiger partial charge in [0.25, 0.3) is 11.8 Å². The summed E-state index contributed by atoms with van der Waals surface area (Å²) in [7, 11) is 0. The molecule has 2 aromatic rings. The fourth-order valence-corrected chi connectivity index (χ4v) is 3.10. The number of morpholine rings is 1. The van der Waals surface area contributed by atoms with E-state index in [0.717, 1.165) is 5.56 Å². The Bertz CT molecular complexity index is 846. The van der Waals surface area contributed by atoms with Crippen LogP contribution in [0.1, 0.15) is 29.8 Å². The summed E-state index contributed by atoms with van der Waals surface area (Å²) in [6.45, 7) is 7.44. The second kappa shape index (κ2) is 8.44. The molecule has 0 aliphatic carbocycles. The molecule has 2 amide bonds. The molecule has 1 heterocycles. The number of carbonyl (C=O) groups excluding carboxylic acids is 2. The largest absolute Gasteiger partial charge is 0.484 e. The van der Waals surface area contributed by atoms with Crippen molar-refractivity contribution < 1.29 is 19.1 Å². The lowest BCUT2D eigenvalue weighted by atomic mass is 10.0. The maximum atomic E-state index is 12.9. The van der Waals surface area contributed by atoms with Gasteiger partial charge in [-0.15, -0.1) is 0 Å². The third-order valence-electron chi connectivity index (χ3n) is 4.67. The van der Waals surface area contributed by atoms with Crippen molar-refractivity contribution in [2.24, 2.45) is 0 Å². The zero-order chi connectivity index (χ0) is 20.1. The average molecular weight is 382 g/mol. The van der Waals surface area contributed by atoms with Crippen LogP contribution in [0.2, 0.25) is 0 Å². The van der Waals surface area contributed by atoms with E-state index in [1.54, 1.807) is 24.3 Å². The van der Waals surface area contributed by atoms with Crippen LogP contribution in [0.15, 0.2) is 48.5 Å². The number of nitrogens with zero attached hydrogens (tertiary/aromatic N) is 1. The Morgan fingerprint density at radius 1 is 1.18 bits per heavy atom. The molecule has 0 spiro atoms. The van der Waals surface area contributed by atoms with E-state index >= 15 is 0 Å². The number of carbonyl (C=O) groups is 2. The van der Waals surface area contributed by atoms with Crippen molar-refractivity contribution >= 4 is 17.5 Å². The van der Waals surface area contributed by atoms with Crippen LogP contribution in [-0.2, 0) is 9.53 Å². The number of benzene rings is 2. The fraction of sp³-hybridized carbons (Fsp3) is 0.364. The Hall–Kier alpha value is -2.86. The first-order chi connectivity index (χ1) is 13.3. The van der Waals surface area contributed by atoms with E-state index in [2.05, 4.69) is 5.32 Å². The SMILES string of the molecule is Cc1ccc(OCC(=O)Nc2cccc(C(=O)N3CCOCC3(C)C)c2)cc1. The normalized spacial score (nSPS) is 15.8. The molecule has 2 aromatic carbocycles. The van der Waals surface area contributed by atoms with E-state index in [9.17, 15) is 9.59 Å². The maximum absolute atomic E-state index is 12.9. The summed E-state index contributed by atoms with van der Waals surface area (Å²) >= 11 is 0. The molecule has 0 aromatic heterocycles. The Morgan fingerprint density at radius 3 is 2.64 bits per heavy atom. The number of anilines is 1. The van der Waals surface area contributed by atoms with Crippen LogP contribution in [0.4, 0.5) is 5.69 Å². The smallest absolute Gasteiger partial charge is 0.262 e. The van der Waals surface area contributed by atoms with Crippen LogP contribution in [0, 0.1) is 6.92 Å². The minimum Gasteiger partial charge on any atom is -0.484 e. The van der Waals surface area contributed by atoms with Crippen LogP contribution in [0.3, 0.4) is 0 Å². The molecule has 0 unspecified atom stereocenters. The fourth-order valence-electron chi connectivity index (χ4n) is 3.10. The van der Waals surface area contributed by atoms with Gasteiger partial charge in [-0.3, -0.25) is 9.59 Å². The highest BCUT2D eigenvalue weighted by atomic mass is 16.5. The lowest BCUT2D eigenvalue weighted by molar-refractivity contribution is -0.118. The lowest BCUT2D eigenvalue weighted by Crippen LogP contribution is -2.55. The first kappa shape index (κ1) is 19.9. The van der Waals surface area contributed by atoms with Crippen molar-refractivity contribution in [2.75, 3.05) is 31.7 Å². The summed E-state index contributed by atoms with van der Waals surface area (Å²) in [5, 5.41) is 2.78. The quantitative estimate of drug-likeness (QED) is 0.862. The highest BCUT2D eigenvalue weighted by Gasteiger charge is 2.34. The Kier molecular flexibility index (Phi) is 5.99. The van der Waals surface area contributed by atoms with Crippen LogP contribution < -0.4 is 10.1 Å². The van der Waals surface area contributed by atoms with Gasteiger partial charge in [0, 0.05) is 17.8 Å². The molecule has 6 nitrogen and oxygen atoms in total. The van der Waals surface area contributed by atoms with Gasteiger partial charge in [0.2, 0.25) is 0 Å². The summed E-state index contributed by atoms with van der Waals surface area (Å²) in [5.74, 6) is 0.288. The molecule has 28 heavy (non-hydrogen) atoms. The van der Waals surface area contributed by atoms with Crippen LogP contribution in [0.25, 0.3) is 0 Å². The second-order valence-corrected chi connectivity index (χ2v) is 7.55. The molecule has 0 bridgehead atoms. The lowest BCUT2D eigenvalue weighted by Gasteiger charge is -2.42. The molecule has 3 rings (SSSR count). The molecular formula is C22H26N2O4. The zero-order valence-corrected chi connectivity index (χ0v) is 16.5. The highest BCUT2D eigenvalue weighted by Crippen LogP contribution is 2.23. The highest BCUT2D eigenvalue weighted by molar-refractivity contribution is 5.97. The van der Waals surface area contributed by atoms with Gasteiger partial charge in [-0.25, -0.2) is 0 Å². The maximum Gasteiger partial charge on any atom is 0.262 e. The topological polar surface area (TPSA) is 67.9 Å². The van der Waals surface area contributed by atoms with Gasteiger partial charge in [-0.05, 0) is 51.1 Å². The molecule has 1 aliphatic heterocycles. The van der Waals surface area contributed by atoms with Gasteiger partial charge in [-0.1, -0.05) is 23.8 Å². The number of hydrogen-bond donors (Lipinski definition) is 1. The van der Waals surface area contributed by atoms with Gasteiger partial charge >= 0.3 is 0 Å². The van der Waals surface area contributed by atoms with Crippen molar-refractivity contribution in [3.05, 3.63) is 59.7 Å². The number of ether oxygens (including phenoxy) is 2. The molecule has 1 N–H and O–H groups in total. The van der Waals surface area contributed by atoms with Gasteiger partial charge in [0.1, 0.15) is 5.75 Å². The van der Waals surface area contributed by atoms with Gasteiger partial charge in [0.05, 0.1) is 18.8 Å². The predicted octanol–water partition coefficient (Wildman–Crippen LogP) is 3.26. The summed E-state index contributed by atoms with van der Waals surface area (Å²) in [4.78, 5) is 26.9. The summed E-state index contributed by atoms with van der Waals surface area (Å²) < 4.78 is 11.0. The zero-order valence-electron chi connectivity index (χ0n) is 16.5. The molecule has 1 saturated heterocycles. The van der Waals surface area contributed by atoms with Crippen LogP contribution in [-0.4, -0.2) is 48.6 Å². The summed E-state index contributed by atoms with van der Waals surface area (Å²) in [6, 6.07) is 14.5. The van der Waals surface area contributed by atoms with Crippen LogP contribution >= 0.6 is 0 Å². The molecular weight excluding hydrogens is 356 g/mol. The summed E-state index contributed by atoms with van der Waals surface area (Å²) in [6.07, 6.45) is 0. The third kappa shape index (κ3) is 4.89. The van der Waals surface area contributed by atoms with E-state index in [1.165, 1.54) is 0 Å². The van der Waals surface area contributed by atoms with E-state index in [4.69, 9.17) is 9.47 Å². The first-order valence-corrected chi connectivity index (χ1v) is 9.34. The molecule has 148 valence electrons. The van der Waals surface area contributed by atoms with E-state index in [1.807, 2.05) is 49.9 Å². The van der Waals surface area contributed by atoms with Gasteiger partial charge < -0.3 is 19.7 Å². The minimum absolute atomic E-state index is 0.0692. The Labute approximate surface area is 165 Å². The monoisotopic (exact) mass is 382 g/mol. The predicted molar refractivity (Wildman–Crippen MR) is 108 cm³/mol. The Morgan fingerprint density at radius 2 is 1.93 bits per heavy atom. The van der Waals surface area contributed by atoms with Crippen molar-refractivity contribution in [3.63, 3.8) is 0 Å². The minimum atomic E-state index is -0.365. The van der Waals surface area contributed by atoms with E-state index in [0.29, 0.717) is 36.8 Å². The van der Waals surface area contributed by atoms with Gasteiger partial charge in [0.15, 0.2) is 6.61 Å². The van der Waals surface area contributed by atoms with Crippen molar-refractivity contribution in [1.29, 1.82) is 0 Å². The van der Waals surface area contributed by atoms with Gasteiger partial charge in [-0.2, -0.15) is 0 Å². The molecule has 0 atom stereocenters. The molecule has 0 saturated carbocycles.